The summed E-state index contributed by atoms with van der Waals surface area (Å²) in [7, 11) is 0. The monoisotopic (exact) mass is 209 g/mol. The van der Waals surface area contributed by atoms with Crippen LogP contribution in [0, 0.1) is 0 Å². The molecule has 0 radical (unpaired) electrons. The molecule has 0 amide bonds. The van der Waals surface area contributed by atoms with Crippen molar-refractivity contribution < 1.29 is 9.94 Å². The van der Waals surface area contributed by atoms with Crippen LogP contribution in [0.2, 0.25) is 0 Å². The Kier molecular flexibility index (Phi) is 3.71. The molecule has 0 aromatic rings. The molecule has 4 heteroatoms. The van der Waals surface area contributed by atoms with E-state index in [-0.39, 0.29) is 5.60 Å². The zero-order chi connectivity index (χ0) is 8.20. The van der Waals surface area contributed by atoms with Crippen molar-refractivity contribution in [2.45, 2.75) is 26.4 Å². The minimum absolute atomic E-state index is 0.296. The first-order valence-electron chi connectivity index (χ1n) is 2.95. The Labute approximate surface area is 69.2 Å². The number of ether oxygens (including phenoxy) is 1. The van der Waals surface area contributed by atoms with Crippen LogP contribution in [0.3, 0.4) is 0 Å². The first-order valence-corrected chi connectivity index (χ1v) is 4.07. The van der Waals surface area contributed by atoms with Crippen LogP contribution in [-0.2, 0) is 4.74 Å². The molecule has 3 nitrogen and oxygen atoms in total. The molecule has 0 unspecified atom stereocenters. The van der Waals surface area contributed by atoms with Gasteiger partial charge < -0.3 is 9.94 Å². The average Bonchev–Trinajstić information content (AvgIpc) is 1.81. The maximum atomic E-state index is 8.32. The Bertz CT molecular complexity index is 128. The maximum absolute atomic E-state index is 8.32. The quantitative estimate of drug-likeness (QED) is 0.236. The fourth-order valence-electron chi connectivity index (χ4n) is 0.428. The van der Waals surface area contributed by atoms with E-state index in [2.05, 4.69) is 21.1 Å². The van der Waals surface area contributed by atoms with Gasteiger partial charge in [-0.3, -0.25) is 0 Å². The summed E-state index contributed by atoms with van der Waals surface area (Å²) in [6, 6.07) is 0. The molecule has 0 rings (SSSR count). The van der Waals surface area contributed by atoms with Gasteiger partial charge in [-0.2, -0.15) is 0 Å². The fourth-order valence-corrected chi connectivity index (χ4v) is 0.654. The molecule has 0 spiro atoms. The van der Waals surface area contributed by atoms with Crippen molar-refractivity contribution in [2.24, 2.45) is 5.16 Å². The standard InChI is InChI=1S/C6H12BrNO2/c1-6(2,3)10-5(4-7)8-9/h9H,4H2,1-3H3. The predicted molar refractivity (Wildman–Crippen MR) is 43.9 cm³/mol. The number of alkyl halides is 1. The second-order valence-electron chi connectivity index (χ2n) is 2.84. The van der Waals surface area contributed by atoms with Crippen LogP contribution in [0.25, 0.3) is 0 Å². The molecule has 0 atom stereocenters. The molecule has 0 bridgehead atoms. The number of halogens is 1. The molecule has 0 aliphatic carbocycles. The Morgan fingerprint density at radius 1 is 1.60 bits per heavy atom. The van der Waals surface area contributed by atoms with E-state index >= 15 is 0 Å². The van der Waals surface area contributed by atoms with Crippen LogP contribution in [0.4, 0.5) is 0 Å². The van der Waals surface area contributed by atoms with Gasteiger partial charge in [-0.15, -0.1) is 0 Å². The highest BCUT2D eigenvalue weighted by Gasteiger charge is 2.13. The van der Waals surface area contributed by atoms with Crippen molar-refractivity contribution >= 4 is 21.8 Å². The molecule has 60 valence electrons. The van der Waals surface area contributed by atoms with Gasteiger partial charge in [0, 0.05) is 0 Å². The van der Waals surface area contributed by atoms with Crippen LogP contribution in [0.1, 0.15) is 20.8 Å². The van der Waals surface area contributed by atoms with E-state index < -0.39 is 0 Å². The molecule has 0 saturated carbocycles. The molecule has 0 aromatic heterocycles. The van der Waals surface area contributed by atoms with Crippen molar-refractivity contribution in [3.63, 3.8) is 0 Å². The summed E-state index contributed by atoms with van der Waals surface area (Å²) in [4.78, 5) is 0. The molecular weight excluding hydrogens is 198 g/mol. The SMILES string of the molecule is CC(C)(C)OC(CBr)=NO. The summed E-state index contributed by atoms with van der Waals surface area (Å²) < 4.78 is 5.19. The summed E-state index contributed by atoms with van der Waals surface area (Å²) in [5.41, 5.74) is -0.296. The molecule has 0 aliphatic heterocycles. The van der Waals surface area contributed by atoms with E-state index in [1.54, 1.807) is 0 Å². The van der Waals surface area contributed by atoms with Crippen molar-refractivity contribution in [1.82, 2.24) is 0 Å². The third-order valence-electron chi connectivity index (χ3n) is 0.650. The van der Waals surface area contributed by atoms with Crippen molar-refractivity contribution in [3.05, 3.63) is 0 Å². The van der Waals surface area contributed by atoms with E-state index in [9.17, 15) is 0 Å². The van der Waals surface area contributed by atoms with Crippen LogP contribution in [-0.4, -0.2) is 22.0 Å². The number of oxime groups is 1. The number of nitrogens with zero attached hydrogens (tertiary/aromatic N) is 1. The van der Waals surface area contributed by atoms with Gasteiger partial charge in [-0.25, -0.2) is 0 Å². The minimum atomic E-state index is -0.296. The van der Waals surface area contributed by atoms with Crippen molar-refractivity contribution in [1.29, 1.82) is 0 Å². The van der Waals surface area contributed by atoms with Crippen LogP contribution >= 0.6 is 15.9 Å². The van der Waals surface area contributed by atoms with Crippen LogP contribution in [0.5, 0.6) is 0 Å². The van der Waals surface area contributed by atoms with E-state index in [4.69, 9.17) is 9.94 Å². The van der Waals surface area contributed by atoms with Gasteiger partial charge >= 0.3 is 0 Å². The summed E-state index contributed by atoms with van der Waals surface area (Å²) in [5.74, 6) is 0.299. The normalized spacial score (nSPS) is 13.4. The Morgan fingerprint density at radius 3 is 2.20 bits per heavy atom. The third kappa shape index (κ3) is 4.61. The summed E-state index contributed by atoms with van der Waals surface area (Å²) in [5, 5.41) is 11.7. The second-order valence-corrected chi connectivity index (χ2v) is 3.40. The lowest BCUT2D eigenvalue weighted by atomic mass is 10.2. The van der Waals surface area contributed by atoms with Gasteiger partial charge in [-0.1, -0.05) is 21.1 Å². The zero-order valence-electron chi connectivity index (χ0n) is 6.39. The van der Waals surface area contributed by atoms with Crippen molar-refractivity contribution in [2.75, 3.05) is 5.33 Å². The predicted octanol–water partition coefficient (Wildman–Crippen LogP) is 1.98. The minimum Gasteiger partial charge on any atom is -0.472 e. The van der Waals surface area contributed by atoms with Gasteiger partial charge in [0.05, 0.1) is 5.33 Å². The lowest BCUT2D eigenvalue weighted by molar-refractivity contribution is 0.107. The maximum Gasteiger partial charge on any atom is 0.236 e. The highest BCUT2D eigenvalue weighted by Crippen LogP contribution is 2.08. The second kappa shape index (κ2) is 3.81. The lowest BCUT2D eigenvalue weighted by Crippen LogP contribution is -2.24. The van der Waals surface area contributed by atoms with Gasteiger partial charge in [-0.05, 0) is 20.8 Å². The third-order valence-corrected chi connectivity index (χ3v) is 1.13. The fraction of sp³-hybridized carbons (Fsp3) is 0.833. The Hall–Kier alpha value is -0.250. The van der Waals surface area contributed by atoms with E-state index in [1.165, 1.54) is 0 Å². The lowest BCUT2D eigenvalue weighted by Gasteiger charge is -2.20. The van der Waals surface area contributed by atoms with Crippen molar-refractivity contribution in [3.8, 4) is 0 Å². The number of hydrogen-bond acceptors (Lipinski definition) is 3. The Balaban J connectivity index is 3.88. The van der Waals surface area contributed by atoms with E-state index in [0.717, 1.165) is 0 Å². The summed E-state index contributed by atoms with van der Waals surface area (Å²) in [6.45, 7) is 5.67. The smallest absolute Gasteiger partial charge is 0.236 e. The first kappa shape index (κ1) is 9.75. The van der Waals surface area contributed by atoms with Crippen LogP contribution < -0.4 is 0 Å². The molecule has 0 heterocycles. The number of hydrogen-bond donors (Lipinski definition) is 1. The molecule has 1 N–H and O–H groups in total. The first-order chi connectivity index (χ1) is 4.49. The van der Waals surface area contributed by atoms with E-state index in [0.29, 0.717) is 11.2 Å². The average molecular weight is 210 g/mol. The molecule has 0 saturated heterocycles. The molecular formula is C6H12BrNO2. The van der Waals surface area contributed by atoms with Gasteiger partial charge in [0.25, 0.3) is 0 Å². The molecule has 0 aliphatic rings. The molecule has 10 heavy (non-hydrogen) atoms. The van der Waals surface area contributed by atoms with Gasteiger partial charge in [0.15, 0.2) is 0 Å². The molecule has 0 aromatic carbocycles. The highest BCUT2D eigenvalue weighted by molar-refractivity contribution is 9.09. The summed E-state index contributed by atoms with van der Waals surface area (Å²) >= 11 is 3.11. The largest absolute Gasteiger partial charge is 0.472 e. The summed E-state index contributed by atoms with van der Waals surface area (Å²) in [6.07, 6.45) is 0. The number of rotatable bonds is 1. The van der Waals surface area contributed by atoms with Gasteiger partial charge in [0.1, 0.15) is 5.60 Å². The molecule has 0 fully saturated rings. The van der Waals surface area contributed by atoms with E-state index in [1.807, 2.05) is 20.8 Å². The highest BCUT2D eigenvalue weighted by atomic mass is 79.9. The zero-order valence-corrected chi connectivity index (χ0v) is 7.97. The topological polar surface area (TPSA) is 41.8 Å². The Morgan fingerprint density at radius 2 is 2.10 bits per heavy atom. The van der Waals surface area contributed by atoms with Crippen LogP contribution in [0.15, 0.2) is 5.16 Å². The van der Waals surface area contributed by atoms with Gasteiger partial charge in [0.2, 0.25) is 5.90 Å².